The summed E-state index contributed by atoms with van der Waals surface area (Å²) < 4.78 is 4.97. The molecule has 0 heterocycles. The highest BCUT2D eigenvalue weighted by Gasteiger charge is 2.32. The predicted octanol–water partition coefficient (Wildman–Crippen LogP) is 2.82. The number of aliphatic imine (C=N–C) groups is 1. The van der Waals surface area contributed by atoms with E-state index in [1.54, 1.807) is 6.92 Å². The first kappa shape index (κ1) is 17.6. The summed E-state index contributed by atoms with van der Waals surface area (Å²) >= 11 is 0. The predicted molar refractivity (Wildman–Crippen MR) is 99.9 cm³/mol. The number of ether oxygens (including phenoxy) is 1. The Hall–Kier alpha value is -2.24. The summed E-state index contributed by atoms with van der Waals surface area (Å²) in [5, 5.41) is 6.14. The number of aryl methyl sites for hydroxylation is 1. The van der Waals surface area contributed by atoms with Gasteiger partial charge in [0.25, 0.3) is 0 Å². The highest BCUT2D eigenvalue weighted by molar-refractivity contribution is 5.93. The molecule has 0 saturated heterocycles. The van der Waals surface area contributed by atoms with Gasteiger partial charge in [0.05, 0.1) is 19.2 Å². The fraction of sp³-hybridized carbons (Fsp3) is 0.579. The molecule has 2 aliphatic rings. The van der Waals surface area contributed by atoms with Crippen LogP contribution in [-0.4, -0.2) is 31.2 Å². The first-order chi connectivity index (χ1) is 12.2. The smallest absolute Gasteiger partial charge is 0.407 e. The Labute approximate surface area is 149 Å². The zero-order valence-corrected chi connectivity index (χ0v) is 14.9. The van der Waals surface area contributed by atoms with Gasteiger partial charge in [-0.05, 0) is 68.6 Å². The van der Waals surface area contributed by atoms with Crippen molar-refractivity contribution in [1.29, 1.82) is 0 Å². The van der Waals surface area contributed by atoms with Crippen LogP contribution in [0.25, 0.3) is 0 Å². The molecule has 1 fully saturated rings. The van der Waals surface area contributed by atoms with Crippen molar-refractivity contribution in [3.05, 3.63) is 29.3 Å². The van der Waals surface area contributed by atoms with E-state index in [1.807, 2.05) is 0 Å². The second-order valence-electron chi connectivity index (χ2n) is 6.81. The van der Waals surface area contributed by atoms with E-state index < -0.39 is 0 Å². The maximum absolute atomic E-state index is 11.7. The van der Waals surface area contributed by atoms with Crippen molar-refractivity contribution < 1.29 is 9.53 Å². The third-order valence-electron chi connectivity index (χ3n) is 4.89. The van der Waals surface area contributed by atoms with Gasteiger partial charge in [0, 0.05) is 5.69 Å². The average Bonchev–Trinajstić information content (AvgIpc) is 3.44. The SMILES string of the molecule is CCOC(=O)NC(CN=C(N)Nc1cccc2c1CCCC2)C1CC1. The molecule has 0 bridgehead atoms. The topological polar surface area (TPSA) is 88.7 Å². The molecule has 2 aliphatic carbocycles. The van der Waals surface area contributed by atoms with Crippen molar-refractivity contribution >= 4 is 17.7 Å². The molecule has 1 amide bonds. The lowest BCUT2D eigenvalue weighted by Crippen LogP contribution is -2.40. The Kier molecular flexibility index (Phi) is 5.79. The molecule has 1 unspecified atom stereocenters. The van der Waals surface area contributed by atoms with Crippen molar-refractivity contribution in [3.8, 4) is 0 Å². The number of alkyl carbamates (subject to hydrolysis) is 1. The van der Waals surface area contributed by atoms with Crippen LogP contribution in [0.2, 0.25) is 0 Å². The maximum atomic E-state index is 11.7. The Morgan fingerprint density at radius 1 is 1.36 bits per heavy atom. The summed E-state index contributed by atoms with van der Waals surface area (Å²) in [7, 11) is 0. The number of nitrogens with two attached hydrogens (primary N) is 1. The monoisotopic (exact) mass is 344 g/mol. The lowest BCUT2D eigenvalue weighted by Gasteiger charge is -2.20. The largest absolute Gasteiger partial charge is 0.450 e. The molecule has 0 spiro atoms. The van der Waals surface area contributed by atoms with Crippen LogP contribution in [-0.2, 0) is 17.6 Å². The Morgan fingerprint density at radius 2 is 2.16 bits per heavy atom. The maximum Gasteiger partial charge on any atom is 0.407 e. The molecular weight excluding hydrogens is 316 g/mol. The number of nitrogens with one attached hydrogen (secondary N) is 2. The van der Waals surface area contributed by atoms with E-state index >= 15 is 0 Å². The van der Waals surface area contributed by atoms with Gasteiger partial charge < -0.3 is 21.1 Å². The first-order valence-corrected chi connectivity index (χ1v) is 9.28. The summed E-state index contributed by atoms with van der Waals surface area (Å²) in [6.07, 6.45) is 6.55. The molecule has 4 N–H and O–H groups in total. The number of nitrogens with zero attached hydrogens (tertiary/aromatic N) is 1. The molecule has 25 heavy (non-hydrogen) atoms. The van der Waals surface area contributed by atoms with Crippen LogP contribution >= 0.6 is 0 Å². The van der Waals surface area contributed by atoms with E-state index in [-0.39, 0.29) is 12.1 Å². The number of amides is 1. The molecule has 0 radical (unpaired) electrons. The summed E-state index contributed by atoms with van der Waals surface area (Å²) in [5.41, 5.74) is 9.91. The number of carbonyl (C=O) groups is 1. The molecule has 6 heteroatoms. The number of hydrogen-bond donors (Lipinski definition) is 3. The molecule has 136 valence electrons. The summed E-state index contributed by atoms with van der Waals surface area (Å²) in [5.74, 6) is 0.876. The molecule has 6 nitrogen and oxygen atoms in total. The van der Waals surface area contributed by atoms with Crippen molar-refractivity contribution in [1.82, 2.24) is 5.32 Å². The van der Waals surface area contributed by atoms with Crippen molar-refractivity contribution in [2.75, 3.05) is 18.5 Å². The van der Waals surface area contributed by atoms with Gasteiger partial charge in [-0.3, -0.25) is 4.99 Å². The van der Waals surface area contributed by atoms with Crippen LogP contribution in [0, 0.1) is 5.92 Å². The van der Waals surface area contributed by atoms with E-state index in [1.165, 1.54) is 24.0 Å². The molecule has 3 rings (SSSR count). The fourth-order valence-electron chi connectivity index (χ4n) is 3.41. The van der Waals surface area contributed by atoms with Crippen molar-refractivity contribution in [3.63, 3.8) is 0 Å². The lowest BCUT2D eigenvalue weighted by atomic mass is 9.90. The van der Waals surface area contributed by atoms with Crippen LogP contribution in [0.1, 0.15) is 43.7 Å². The summed E-state index contributed by atoms with van der Waals surface area (Å²) in [6, 6.07) is 6.31. The van der Waals surface area contributed by atoms with Gasteiger partial charge in [-0.25, -0.2) is 4.79 Å². The van der Waals surface area contributed by atoms with Crippen molar-refractivity contribution in [2.24, 2.45) is 16.6 Å². The second-order valence-corrected chi connectivity index (χ2v) is 6.81. The highest BCUT2D eigenvalue weighted by atomic mass is 16.5. The van der Waals surface area contributed by atoms with E-state index in [2.05, 4.69) is 33.8 Å². The molecule has 0 aromatic heterocycles. The van der Waals surface area contributed by atoms with Gasteiger partial charge in [-0.2, -0.15) is 0 Å². The average molecular weight is 344 g/mol. The van der Waals surface area contributed by atoms with Crippen LogP contribution in [0.4, 0.5) is 10.5 Å². The number of anilines is 1. The Morgan fingerprint density at radius 3 is 2.92 bits per heavy atom. The number of benzene rings is 1. The number of rotatable bonds is 6. The Balaban J connectivity index is 1.60. The molecule has 0 aliphatic heterocycles. The minimum absolute atomic E-state index is 0.0101. The zero-order chi connectivity index (χ0) is 17.6. The third kappa shape index (κ3) is 4.87. The Bertz CT molecular complexity index is 640. The van der Waals surface area contributed by atoms with Gasteiger partial charge in [0.1, 0.15) is 0 Å². The number of guanidine groups is 1. The second kappa shape index (κ2) is 8.23. The van der Waals surface area contributed by atoms with Crippen LogP contribution in [0.3, 0.4) is 0 Å². The zero-order valence-electron chi connectivity index (χ0n) is 14.9. The normalized spacial score (nSPS) is 18.2. The van der Waals surface area contributed by atoms with Gasteiger partial charge in [-0.1, -0.05) is 12.1 Å². The van der Waals surface area contributed by atoms with Gasteiger partial charge in [0.2, 0.25) is 0 Å². The number of carbonyl (C=O) groups excluding carboxylic acids is 1. The van der Waals surface area contributed by atoms with Crippen LogP contribution in [0.15, 0.2) is 23.2 Å². The van der Waals surface area contributed by atoms with Crippen LogP contribution in [0.5, 0.6) is 0 Å². The quantitative estimate of drug-likeness (QED) is 0.547. The molecular formula is C19H28N4O2. The fourth-order valence-corrected chi connectivity index (χ4v) is 3.41. The lowest BCUT2D eigenvalue weighted by molar-refractivity contribution is 0.147. The molecule has 1 aromatic rings. The van der Waals surface area contributed by atoms with E-state index in [0.717, 1.165) is 31.4 Å². The van der Waals surface area contributed by atoms with E-state index in [0.29, 0.717) is 25.0 Å². The van der Waals surface area contributed by atoms with E-state index in [4.69, 9.17) is 10.5 Å². The number of fused-ring (bicyclic) bond motifs is 1. The van der Waals surface area contributed by atoms with Crippen molar-refractivity contribution in [2.45, 2.75) is 51.5 Å². The molecule has 1 atom stereocenters. The first-order valence-electron chi connectivity index (χ1n) is 9.28. The van der Waals surface area contributed by atoms with Gasteiger partial charge >= 0.3 is 6.09 Å². The highest BCUT2D eigenvalue weighted by Crippen LogP contribution is 2.33. The van der Waals surface area contributed by atoms with Gasteiger partial charge in [0.15, 0.2) is 5.96 Å². The molecule has 1 saturated carbocycles. The minimum Gasteiger partial charge on any atom is -0.450 e. The summed E-state index contributed by atoms with van der Waals surface area (Å²) in [6.45, 7) is 2.64. The van der Waals surface area contributed by atoms with Gasteiger partial charge in [-0.15, -0.1) is 0 Å². The summed E-state index contributed by atoms with van der Waals surface area (Å²) in [4.78, 5) is 16.1. The van der Waals surface area contributed by atoms with Crippen LogP contribution < -0.4 is 16.4 Å². The van der Waals surface area contributed by atoms with E-state index in [9.17, 15) is 4.79 Å². The minimum atomic E-state index is -0.377. The standard InChI is InChI=1S/C19H28N4O2/c1-2-25-19(24)23-17(14-10-11-14)12-21-18(20)22-16-9-5-7-13-6-3-4-8-15(13)16/h5,7,9,14,17H,2-4,6,8,10-12H2,1H3,(H,23,24)(H3,20,21,22). The third-order valence-corrected chi connectivity index (χ3v) is 4.89. The molecule has 1 aromatic carbocycles. The number of hydrogen-bond acceptors (Lipinski definition) is 3.